The number of hydrogen-bond donors (Lipinski definition) is 1. The third kappa shape index (κ3) is 7.17. The minimum absolute atomic E-state index is 0.0750. The summed E-state index contributed by atoms with van der Waals surface area (Å²) in [4.78, 5) is 28.5. The lowest BCUT2D eigenvalue weighted by atomic mass is 10.1. The van der Waals surface area contributed by atoms with Crippen LogP contribution in [0.25, 0.3) is 0 Å². The number of carbonyl (C=O) groups excluding carboxylic acids is 2. The molecule has 0 aliphatic rings. The van der Waals surface area contributed by atoms with Crippen LogP contribution in [0.15, 0.2) is 77.7 Å². The molecule has 0 aliphatic heterocycles. The molecule has 9 heteroatoms. The Labute approximate surface area is 231 Å². The number of benzene rings is 3. The summed E-state index contributed by atoms with van der Waals surface area (Å²) in [6.45, 7) is 8.69. The van der Waals surface area contributed by atoms with Crippen molar-refractivity contribution in [2.75, 3.05) is 18.0 Å². The van der Waals surface area contributed by atoms with Gasteiger partial charge in [0, 0.05) is 12.6 Å². The van der Waals surface area contributed by atoms with Crippen LogP contribution < -0.4 is 14.4 Å². The lowest BCUT2D eigenvalue weighted by Gasteiger charge is -2.33. The minimum atomic E-state index is -4.10. The molecule has 3 aromatic carbocycles. The number of methoxy groups -OCH3 is 1. The van der Waals surface area contributed by atoms with Gasteiger partial charge >= 0.3 is 0 Å². The molecule has 3 rings (SSSR count). The van der Waals surface area contributed by atoms with Crippen molar-refractivity contribution < 1.29 is 22.7 Å². The fraction of sp³-hybridized carbons (Fsp3) is 0.333. The molecule has 0 aliphatic carbocycles. The Hall–Kier alpha value is -3.85. The van der Waals surface area contributed by atoms with Crippen molar-refractivity contribution in [1.29, 1.82) is 0 Å². The number of sulfonamides is 1. The summed E-state index contributed by atoms with van der Waals surface area (Å²) >= 11 is 0. The third-order valence-corrected chi connectivity index (χ3v) is 8.34. The highest BCUT2D eigenvalue weighted by molar-refractivity contribution is 7.92. The van der Waals surface area contributed by atoms with Gasteiger partial charge in [-0.2, -0.15) is 0 Å². The number of nitrogens with one attached hydrogen (secondary N) is 1. The molecule has 0 heterocycles. The lowest BCUT2D eigenvalue weighted by Crippen LogP contribution is -2.52. The van der Waals surface area contributed by atoms with E-state index in [4.69, 9.17) is 4.74 Å². The average molecular weight is 552 g/mol. The number of amides is 2. The van der Waals surface area contributed by atoms with Crippen LogP contribution >= 0.6 is 0 Å². The first kappa shape index (κ1) is 29.7. The number of rotatable bonds is 11. The van der Waals surface area contributed by atoms with Gasteiger partial charge in [0.25, 0.3) is 10.0 Å². The maximum atomic E-state index is 14.0. The van der Waals surface area contributed by atoms with Crippen LogP contribution in [0.5, 0.6) is 5.75 Å². The first-order valence-electron chi connectivity index (χ1n) is 12.8. The fourth-order valence-corrected chi connectivity index (χ4v) is 5.65. The highest BCUT2D eigenvalue weighted by Gasteiger charge is 2.33. The molecule has 0 unspecified atom stereocenters. The highest BCUT2D eigenvalue weighted by atomic mass is 32.2. The van der Waals surface area contributed by atoms with Crippen LogP contribution in [-0.2, 0) is 26.2 Å². The van der Waals surface area contributed by atoms with E-state index in [-0.39, 0.29) is 23.4 Å². The molecule has 0 fully saturated rings. The smallest absolute Gasteiger partial charge is 0.264 e. The maximum absolute atomic E-state index is 14.0. The number of nitrogens with zero attached hydrogens (tertiary/aromatic N) is 2. The number of carbonyl (C=O) groups is 2. The summed E-state index contributed by atoms with van der Waals surface area (Å²) < 4.78 is 34.2. The molecule has 0 spiro atoms. The molecule has 1 atom stereocenters. The van der Waals surface area contributed by atoms with Gasteiger partial charge in [0.15, 0.2) is 0 Å². The van der Waals surface area contributed by atoms with E-state index in [1.54, 1.807) is 56.5 Å². The number of aryl methyl sites for hydroxylation is 1. The first-order valence-corrected chi connectivity index (χ1v) is 14.3. The monoisotopic (exact) mass is 551 g/mol. The number of ether oxygens (including phenoxy) is 1. The molecule has 3 aromatic rings. The van der Waals surface area contributed by atoms with Crippen molar-refractivity contribution in [3.05, 3.63) is 89.5 Å². The van der Waals surface area contributed by atoms with E-state index in [0.29, 0.717) is 11.4 Å². The summed E-state index contributed by atoms with van der Waals surface area (Å²) in [6.07, 6.45) is 0. The third-order valence-electron chi connectivity index (χ3n) is 6.57. The topological polar surface area (TPSA) is 96.0 Å². The van der Waals surface area contributed by atoms with E-state index < -0.39 is 28.5 Å². The van der Waals surface area contributed by atoms with E-state index >= 15 is 0 Å². The minimum Gasteiger partial charge on any atom is -0.497 e. The fourth-order valence-electron chi connectivity index (χ4n) is 4.15. The zero-order valence-electron chi connectivity index (χ0n) is 23.3. The second-order valence-corrected chi connectivity index (χ2v) is 11.6. The Morgan fingerprint density at radius 2 is 1.54 bits per heavy atom. The molecule has 2 amide bonds. The average Bonchev–Trinajstić information content (AvgIpc) is 2.92. The molecular weight excluding hydrogens is 514 g/mol. The van der Waals surface area contributed by atoms with Crippen LogP contribution in [0.4, 0.5) is 5.69 Å². The van der Waals surface area contributed by atoms with E-state index in [9.17, 15) is 18.0 Å². The van der Waals surface area contributed by atoms with Crippen LogP contribution in [0.3, 0.4) is 0 Å². The Kier molecular flexibility index (Phi) is 9.75. The zero-order valence-corrected chi connectivity index (χ0v) is 24.2. The molecule has 1 N–H and O–H groups in total. The number of hydrogen-bond acceptors (Lipinski definition) is 5. The van der Waals surface area contributed by atoms with Gasteiger partial charge in [-0.1, -0.05) is 42.5 Å². The molecule has 0 radical (unpaired) electrons. The molecule has 0 bridgehead atoms. The van der Waals surface area contributed by atoms with E-state index in [1.165, 1.54) is 17.0 Å². The molecule has 0 saturated carbocycles. The van der Waals surface area contributed by atoms with Gasteiger partial charge < -0.3 is 15.0 Å². The van der Waals surface area contributed by atoms with E-state index in [0.717, 1.165) is 21.0 Å². The van der Waals surface area contributed by atoms with Gasteiger partial charge in [-0.15, -0.1) is 0 Å². The van der Waals surface area contributed by atoms with E-state index in [1.807, 2.05) is 45.9 Å². The highest BCUT2D eigenvalue weighted by Crippen LogP contribution is 2.29. The summed E-state index contributed by atoms with van der Waals surface area (Å²) in [5.74, 6) is -0.161. The van der Waals surface area contributed by atoms with Crippen LogP contribution in [0, 0.1) is 13.8 Å². The van der Waals surface area contributed by atoms with Gasteiger partial charge in [0.05, 0.1) is 17.7 Å². The molecule has 208 valence electrons. The summed E-state index contributed by atoms with van der Waals surface area (Å²) in [6, 6.07) is 19.6. The lowest BCUT2D eigenvalue weighted by molar-refractivity contribution is -0.139. The second kappa shape index (κ2) is 12.8. The molecule has 0 aromatic heterocycles. The van der Waals surface area contributed by atoms with Crippen molar-refractivity contribution in [2.45, 2.75) is 58.1 Å². The molecule has 0 saturated heterocycles. The van der Waals surface area contributed by atoms with Gasteiger partial charge in [-0.25, -0.2) is 8.42 Å². The van der Waals surface area contributed by atoms with E-state index in [2.05, 4.69) is 5.32 Å². The SMILES string of the molecule is COc1ccc(CN(C(=O)CN(c2cccc(C)c2C)S(=O)(=O)c2ccccc2)[C@H](C)C(=O)NC(C)C)cc1. The van der Waals surface area contributed by atoms with Gasteiger partial charge in [-0.3, -0.25) is 13.9 Å². The normalized spacial score (nSPS) is 12.1. The van der Waals surface area contributed by atoms with Gasteiger partial charge in [-0.05, 0) is 81.6 Å². The van der Waals surface area contributed by atoms with Crippen LogP contribution in [-0.4, -0.2) is 50.9 Å². The summed E-state index contributed by atoms with van der Waals surface area (Å²) in [5.41, 5.74) is 2.83. The van der Waals surface area contributed by atoms with Gasteiger partial charge in [0.1, 0.15) is 18.3 Å². The van der Waals surface area contributed by atoms with Crippen molar-refractivity contribution in [3.8, 4) is 5.75 Å². The Balaban J connectivity index is 2.05. The van der Waals surface area contributed by atoms with Crippen molar-refractivity contribution >= 4 is 27.5 Å². The Bertz CT molecular complexity index is 1390. The quantitative estimate of drug-likeness (QED) is 0.380. The van der Waals surface area contributed by atoms with Crippen molar-refractivity contribution in [1.82, 2.24) is 10.2 Å². The largest absolute Gasteiger partial charge is 0.497 e. The standard InChI is InChI=1S/C30H37N3O5S/c1-21(2)31-30(35)24(5)32(19-25-15-17-26(38-6)18-16-25)29(34)20-33(28-14-10-11-22(3)23(28)4)39(36,37)27-12-8-7-9-13-27/h7-18,21,24H,19-20H2,1-6H3,(H,31,35)/t24-/m1/s1. The predicted octanol–water partition coefficient (Wildman–Crippen LogP) is 4.45. The molecule has 8 nitrogen and oxygen atoms in total. The maximum Gasteiger partial charge on any atom is 0.264 e. The second-order valence-electron chi connectivity index (χ2n) is 9.75. The van der Waals surface area contributed by atoms with Crippen LogP contribution in [0.2, 0.25) is 0 Å². The van der Waals surface area contributed by atoms with Gasteiger partial charge in [0.2, 0.25) is 11.8 Å². The van der Waals surface area contributed by atoms with Crippen molar-refractivity contribution in [2.24, 2.45) is 0 Å². The van der Waals surface area contributed by atoms with Crippen LogP contribution in [0.1, 0.15) is 37.5 Å². The summed E-state index contributed by atoms with van der Waals surface area (Å²) in [7, 11) is -2.53. The van der Waals surface area contributed by atoms with Crippen molar-refractivity contribution in [3.63, 3.8) is 0 Å². The molecule has 39 heavy (non-hydrogen) atoms. The first-order chi connectivity index (χ1) is 18.4. The Morgan fingerprint density at radius 1 is 0.897 bits per heavy atom. The Morgan fingerprint density at radius 3 is 2.13 bits per heavy atom. The predicted molar refractivity (Wildman–Crippen MR) is 153 cm³/mol. The zero-order chi connectivity index (χ0) is 28.7. The summed E-state index contributed by atoms with van der Waals surface area (Å²) in [5, 5.41) is 2.85. The molecular formula is C30H37N3O5S. The number of anilines is 1.